The molecule has 0 saturated carbocycles. The first kappa shape index (κ1) is 17.4. The lowest BCUT2D eigenvalue weighted by Gasteiger charge is -2.24. The number of anilines is 1. The Morgan fingerprint density at radius 2 is 1.41 bits per heavy atom. The third-order valence-corrected chi connectivity index (χ3v) is 5.44. The molecule has 1 aromatic heterocycles. The highest BCUT2D eigenvalue weighted by Gasteiger charge is 2.15. The Labute approximate surface area is 161 Å². The molecule has 2 nitrogen and oxygen atoms in total. The topological polar surface area (TPSA) is 20.3 Å². The van der Waals surface area contributed by atoms with Gasteiger partial charge in [-0.25, -0.2) is 4.39 Å². The van der Waals surface area contributed by atoms with Crippen LogP contribution in [0.3, 0.4) is 0 Å². The average molecular weight is 375 g/mol. The van der Waals surface area contributed by atoms with Gasteiger partial charge in [0.15, 0.2) is 0 Å². The molecule has 0 fully saturated rings. The molecule has 0 atom stereocenters. The third kappa shape index (κ3) is 3.91. The fraction of sp³-hybridized carbons (Fsp3) is 0.0870. The van der Waals surface area contributed by atoms with E-state index in [9.17, 15) is 9.18 Å². The molecule has 4 aromatic rings. The molecule has 0 radical (unpaired) electrons. The van der Waals surface area contributed by atoms with E-state index in [1.165, 1.54) is 23.5 Å². The summed E-state index contributed by atoms with van der Waals surface area (Å²) < 4.78 is 14.5. The van der Waals surface area contributed by atoms with Crippen LogP contribution >= 0.6 is 11.3 Å². The quantitative estimate of drug-likeness (QED) is 0.452. The zero-order valence-electron chi connectivity index (χ0n) is 14.6. The zero-order valence-corrected chi connectivity index (χ0v) is 15.5. The Balaban J connectivity index is 1.78. The van der Waals surface area contributed by atoms with Crippen molar-refractivity contribution < 1.29 is 4.39 Å². The van der Waals surface area contributed by atoms with E-state index in [4.69, 9.17) is 0 Å². The summed E-state index contributed by atoms with van der Waals surface area (Å²) in [5.74, 6) is -0.387. The van der Waals surface area contributed by atoms with Crippen molar-refractivity contribution in [2.24, 2.45) is 0 Å². The number of halogens is 1. The lowest BCUT2D eigenvalue weighted by molar-refractivity contribution is 0.629. The first-order chi connectivity index (χ1) is 13.2. The van der Waals surface area contributed by atoms with Gasteiger partial charge < -0.3 is 4.90 Å². The summed E-state index contributed by atoms with van der Waals surface area (Å²) in [5.41, 5.74) is 2.72. The highest BCUT2D eigenvalue weighted by molar-refractivity contribution is 7.16. The van der Waals surface area contributed by atoms with E-state index in [1.54, 1.807) is 6.07 Å². The van der Waals surface area contributed by atoms with Crippen LogP contribution in [0.4, 0.5) is 10.1 Å². The number of rotatable bonds is 5. The minimum Gasteiger partial charge on any atom is -0.359 e. The van der Waals surface area contributed by atoms with Crippen LogP contribution in [0.1, 0.15) is 11.1 Å². The fourth-order valence-electron chi connectivity index (χ4n) is 3.15. The molecule has 3 aromatic carbocycles. The van der Waals surface area contributed by atoms with E-state index in [0.29, 0.717) is 24.2 Å². The molecular weight excluding hydrogens is 357 g/mol. The predicted octanol–water partition coefficient (Wildman–Crippen LogP) is 5.61. The van der Waals surface area contributed by atoms with Crippen molar-refractivity contribution in [3.8, 4) is 0 Å². The minimum atomic E-state index is -0.387. The van der Waals surface area contributed by atoms with Gasteiger partial charge >= 0.3 is 0 Å². The SMILES string of the molecule is O=c1c(N(Cc2ccccc2)Cc2ccccc2)csc2ccc(F)cc12. The molecule has 27 heavy (non-hydrogen) atoms. The number of benzene rings is 3. The maximum atomic E-state index is 13.7. The molecule has 0 aliphatic heterocycles. The van der Waals surface area contributed by atoms with E-state index in [2.05, 4.69) is 4.90 Å². The molecule has 0 aliphatic carbocycles. The highest BCUT2D eigenvalue weighted by atomic mass is 32.1. The van der Waals surface area contributed by atoms with Crippen LogP contribution in [0.15, 0.2) is 89.0 Å². The summed E-state index contributed by atoms with van der Waals surface area (Å²) in [4.78, 5) is 15.2. The summed E-state index contributed by atoms with van der Waals surface area (Å²) in [6, 6.07) is 24.5. The third-order valence-electron chi connectivity index (χ3n) is 4.49. The molecule has 0 bridgehead atoms. The number of nitrogens with zero attached hydrogens (tertiary/aromatic N) is 1. The smallest absolute Gasteiger partial charge is 0.211 e. The fourth-order valence-corrected chi connectivity index (χ4v) is 4.07. The molecule has 0 spiro atoms. The summed E-state index contributed by atoms with van der Waals surface area (Å²) in [6.07, 6.45) is 0. The minimum absolute atomic E-state index is 0.130. The lowest BCUT2D eigenvalue weighted by atomic mass is 10.1. The van der Waals surface area contributed by atoms with Gasteiger partial charge in [-0.05, 0) is 29.3 Å². The van der Waals surface area contributed by atoms with Gasteiger partial charge in [-0.3, -0.25) is 4.79 Å². The second-order valence-electron chi connectivity index (χ2n) is 6.42. The number of hydrogen-bond acceptors (Lipinski definition) is 3. The van der Waals surface area contributed by atoms with Crippen LogP contribution in [-0.2, 0) is 13.1 Å². The van der Waals surface area contributed by atoms with Crippen LogP contribution in [0.25, 0.3) is 10.1 Å². The largest absolute Gasteiger partial charge is 0.359 e. The van der Waals surface area contributed by atoms with Crippen LogP contribution in [0.5, 0.6) is 0 Å². The first-order valence-corrected chi connectivity index (χ1v) is 9.62. The molecule has 4 heteroatoms. The lowest BCUT2D eigenvalue weighted by Crippen LogP contribution is -2.27. The van der Waals surface area contributed by atoms with Gasteiger partial charge in [-0.2, -0.15) is 0 Å². The van der Waals surface area contributed by atoms with Crippen LogP contribution in [-0.4, -0.2) is 0 Å². The van der Waals surface area contributed by atoms with Crippen molar-refractivity contribution >= 4 is 27.1 Å². The van der Waals surface area contributed by atoms with Crippen LogP contribution in [0, 0.1) is 5.82 Å². The standard InChI is InChI=1S/C23H18FNOS/c24-19-11-12-22-20(13-19)23(26)21(16-27-22)25(14-17-7-3-1-4-8-17)15-18-9-5-2-6-10-18/h1-13,16H,14-15H2. The summed E-state index contributed by atoms with van der Waals surface area (Å²) in [6.45, 7) is 1.22. The average Bonchev–Trinajstić information content (AvgIpc) is 2.70. The molecule has 0 unspecified atom stereocenters. The predicted molar refractivity (Wildman–Crippen MR) is 111 cm³/mol. The van der Waals surface area contributed by atoms with Crippen molar-refractivity contribution in [2.75, 3.05) is 4.90 Å². The van der Waals surface area contributed by atoms with E-state index in [1.807, 2.05) is 66.0 Å². The second kappa shape index (κ2) is 7.72. The van der Waals surface area contributed by atoms with Crippen molar-refractivity contribution in [2.45, 2.75) is 13.1 Å². The molecule has 0 aliphatic rings. The zero-order chi connectivity index (χ0) is 18.6. The molecule has 0 saturated heterocycles. The molecule has 0 N–H and O–H groups in total. The van der Waals surface area contributed by atoms with Crippen molar-refractivity contribution in [3.05, 3.63) is 111 Å². The first-order valence-electron chi connectivity index (χ1n) is 8.74. The Bertz CT molecular complexity index is 1070. The number of fused-ring (bicyclic) bond motifs is 1. The van der Waals surface area contributed by atoms with Crippen LogP contribution in [0.2, 0.25) is 0 Å². The molecule has 134 valence electrons. The van der Waals surface area contributed by atoms with Crippen molar-refractivity contribution in [1.82, 2.24) is 0 Å². The highest BCUT2D eigenvalue weighted by Crippen LogP contribution is 2.24. The van der Waals surface area contributed by atoms with E-state index >= 15 is 0 Å². The Kier molecular flexibility index (Phi) is 4.99. The van der Waals surface area contributed by atoms with Crippen molar-refractivity contribution in [1.29, 1.82) is 0 Å². The molecule has 1 heterocycles. The van der Waals surface area contributed by atoms with Gasteiger partial charge in [0.1, 0.15) is 5.82 Å². The second-order valence-corrected chi connectivity index (χ2v) is 7.33. The van der Waals surface area contributed by atoms with Gasteiger partial charge in [0.2, 0.25) is 5.43 Å². The molecule has 0 amide bonds. The maximum absolute atomic E-state index is 13.7. The molecular formula is C23H18FNOS. The van der Waals surface area contributed by atoms with Crippen molar-refractivity contribution in [3.63, 3.8) is 0 Å². The van der Waals surface area contributed by atoms with Gasteiger partial charge in [-0.1, -0.05) is 60.7 Å². The van der Waals surface area contributed by atoms with E-state index in [0.717, 1.165) is 15.8 Å². The Hall–Kier alpha value is -2.98. The van der Waals surface area contributed by atoms with Crippen LogP contribution < -0.4 is 10.3 Å². The summed E-state index contributed by atoms with van der Waals surface area (Å²) >= 11 is 1.47. The van der Waals surface area contributed by atoms with Gasteiger partial charge in [0, 0.05) is 28.6 Å². The van der Waals surface area contributed by atoms with Gasteiger partial charge in [0.25, 0.3) is 0 Å². The van der Waals surface area contributed by atoms with E-state index in [-0.39, 0.29) is 11.2 Å². The normalized spacial score (nSPS) is 10.9. The summed E-state index contributed by atoms with van der Waals surface area (Å²) in [7, 11) is 0. The van der Waals surface area contributed by atoms with Gasteiger partial charge in [0.05, 0.1) is 5.69 Å². The monoisotopic (exact) mass is 375 g/mol. The molecule has 4 rings (SSSR count). The number of hydrogen-bond donors (Lipinski definition) is 0. The summed E-state index contributed by atoms with van der Waals surface area (Å²) in [5, 5.41) is 2.32. The Morgan fingerprint density at radius 3 is 2.00 bits per heavy atom. The Morgan fingerprint density at radius 1 is 0.815 bits per heavy atom. The van der Waals surface area contributed by atoms with Gasteiger partial charge in [-0.15, -0.1) is 11.3 Å². The van der Waals surface area contributed by atoms with E-state index < -0.39 is 0 Å². The maximum Gasteiger partial charge on any atom is 0.211 e.